The highest BCUT2D eigenvalue weighted by Gasteiger charge is 2.19. The largest absolute Gasteiger partial charge is 0.309 e. The minimum atomic E-state index is 0.915. The van der Waals surface area contributed by atoms with Crippen LogP contribution < -0.4 is 0 Å². The number of rotatable bonds is 3. The number of benzene rings is 6. The fraction of sp³-hybridized carbons (Fsp3) is 0. The Kier molecular flexibility index (Phi) is 5.54. The summed E-state index contributed by atoms with van der Waals surface area (Å²) in [4.78, 5) is 5.17. The van der Waals surface area contributed by atoms with E-state index in [4.69, 9.17) is 4.98 Å². The van der Waals surface area contributed by atoms with E-state index in [1.165, 1.54) is 63.8 Å². The van der Waals surface area contributed by atoms with Gasteiger partial charge in [0.05, 0.1) is 48.9 Å². The highest BCUT2D eigenvalue weighted by Crippen LogP contribution is 2.42. The standard InChI is InChI=1S/C47H26N4S/c1-6-18-38-30(12-1)31-13-2-7-19-39(31)49(38)29-24-25-43-36(26-29)34-16-5-10-22-42(34)51(43)46-27-45-37(28-48-46)35-17-11-23-44(47(35)52-45)50-40-20-8-3-14-32(40)33-15-4-9-21-41(33)50/h1,3-12,14-28H. The monoisotopic (exact) mass is 678 g/mol. The molecule has 0 atom stereocenters. The molecule has 12 aromatic rings. The van der Waals surface area contributed by atoms with Crippen molar-refractivity contribution in [1.29, 1.82) is 0 Å². The summed E-state index contributed by atoms with van der Waals surface area (Å²) in [6, 6.07) is 61.0. The lowest BCUT2D eigenvalue weighted by Gasteiger charge is -2.10. The van der Waals surface area contributed by atoms with E-state index in [2.05, 4.69) is 178 Å². The Morgan fingerprint density at radius 2 is 1.08 bits per heavy atom. The molecule has 0 aliphatic carbocycles. The Hall–Kier alpha value is -6.87. The van der Waals surface area contributed by atoms with Crippen molar-refractivity contribution >= 4 is 96.9 Å². The average Bonchev–Trinajstić information content (AvgIpc) is 3.94. The van der Waals surface area contributed by atoms with E-state index in [1.54, 1.807) is 0 Å². The quantitative estimate of drug-likeness (QED) is 0.183. The van der Waals surface area contributed by atoms with Crippen LogP contribution in [0.5, 0.6) is 0 Å². The van der Waals surface area contributed by atoms with Crippen molar-refractivity contribution in [2.75, 3.05) is 0 Å². The van der Waals surface area contributed by atoms with Gasteiger partial charge in [-0.2, -0.15) is 0 Å². The van der Waals surface area contributed by atoms with E-state index in [0.717, 1.165) is 39.0 Å². The molecule has 240 valence electrons. The highest BCUT2D eigenvalue weighted by molar-refractivity contribution is 7.26. The van der Waals surface area contributed by atoms with E-state index in [1.807, 2.05) is 17.4 Å². The van der Waals surface area contributed by atoms with Crippen molar-refractivity contribution in [3.63, 3.8) is 0 Å². The van der Waals surface area contributed by atoms with Crippen LogP contribution in [0.25, 0.3) is 103 Å². The molecule has 5 aromatic heterocycles. The summed E-state index contributed by atoms with van der Waals surface area (Å²) < 4.78 is 9.57. The average molecular weight is 679 g/mol. The molecule has 4 nitrogen and oxygen atoms in total. The van der Waals surface area contributed by atoms with Gasteiger partial charge in [0.2, 0.25) is 0 Å². The first-order chi connectivity index (χ1) is 25.8. The predicted molar refractivity (Wildman–Crippen MR) is 218 cm³/mol. The number of hydrogen-bond acceptors (Lipinski definition) is 2. The minimum absolute atomic E-state index is 0.915. The van der Waals surface area contributed by atoms with E-state index in [0.29, 0.717) is 0 Å². The number of nitrogens with zero attached hydrogens (tertiary/aromatic N) is 4. The summed E-state index contributed by atoms with van der Waals surface area (Å²) in [6.07, 6.45) is 2.07. The first-order valence-corrected chi connectivity index (χ1v) is 18.3. The molecule has 0 fully saturated rings. The van der Waals surface area contributed by atoms with Gasteiger partial charge in [0.1, 0.15) is 5.82 Å². The van der Waals surface area contributed by atoms with Gasteiger partial charge in [-0.25, -0.2) is 4.98 Å². The number of pyridine rings is 1. The molecule has 0 saturated heterocycles. The number of thiophene rings is 1. The molecule has 0 bridgehead atoms. The van der Waals surface area contributed by atoms with Gasteiger partial charge in [0.25, 0.3) is 0 Å². The molecule has 52 heavy (non-hydrogen) atoms. The number of fused-ring (bicyclic) bond motifs is 12. The third-order valence-corrected chi connectivity index (χ3v) is 11.9. The van der Waals surface area contributed by atoms with Crippen molar-refractivity contribution in [2.24, 2.45) is 0 Å². The lowest BCUT2D eigenvalue weighted by molar-refractivity contribution is 1.09. The second-order valence-electron chi connectivity index (χ2n) is 13.4. The normalized spacial score (nSPS) is 12.1. The maximum Gasteiger partial charge on any atom is 0.138 e. The lowest BCUT2D eigenvalue weighted by Crippen LogP contribution is -1.97. The summed E-state index contributed by atoms with van der Waals surface area (Å²) in [7, 11) is 0. The summed E-state index contributed by atoms with van der Waals surface area (Å²) in [5, 5.41) is 9.60. The summed E-state index contributed by atoms with van der Waals surface area (Å²) >= 11 is 1.85. The number of aromatic nitrogens is 4. The molecular formula is C47H26N4S. The molecule has 7 aromatic carbocycles. The van der Waals surface area contributed by atoms with Crippen molar-refractivity contribution in [3.8, 4) is 17.2 Å². The summed E-state index contributed by atoms with van der Waals surface area (Å²) in [6.45, 7) is 0. The van der Waals surface area contributed by atoms with Crippen LogP contribution in [0, 0.1) is 12.1 Å². The van der Waals surface area contributed by atoms with Crippen LogP contribution in [0.1, 0.15) is 0 Å². The van der Waals surface area contributed by atoms with Crippen molar-refractivity contribution in [3.05, 3.63) is 170 Å². The van der Waals surface area contributed by atoms with Crippen LogP contribution in [0.15, 0.2) is 158 Å². The van der Waals surface area contributed by atoms with Gasteiger partial charge in [-0.3, -0.25) is 4.57 Å². The van der Waals surface area contributed by atoms with Crippen molar-refractivity contribution < 1.29 is 0 Å². The smallest absolute Gasteiger partial charge is 0.138 e. The van der Waals surface area contributed by atoms with Crippen LogP contribution in [-0.2, 0) is 0 Å². The van der Waals surface area contributed by atoms with Gasteiger partial charge in [-0.05, 0) is 66.7 Å². The van der Waals surface area contributed by atoms with Crippen LogP contribution in [-0.4, -0.2) is 18.7 Å². The van der Waals surface area contributed by atoms with Gasteiger partial charge in [0.15, 0.2) is 0 Å². The summed E-state index contributed by atoms with van der Waals surface area (Å²) in [5.74, 6) is 0.915. The molecule has 0 aliphatic rings. The van der Waals surface area contributed by atoms with Crippen LogP contribution in [0.2, 0.25) is 0 Å². The molecule has 5 heteroatoms. The maximum absolute atomic E-state index is 5.17. The minimum Gasteiger partial charge on any atom is -0.309 e. The fourth-order valence-corrected chi connectivity index (χ4v) is 9.76. The third kappa shape index (κ3) is 3.69. The van der Waals surface area contributed by atoms with E-state index in [-0.39, 0.29) is 0 Å². The maximum atomic E-state index is 5.17. The molecule has 0 spiro atoms. The second-order valence-corrected chi connectivity index (χ2v) is 14.5. The molecule has 0 saturated carbocycles. The summed E-state index contributed by atoms with van der Waals surface area (Å²) in [5.41, 5.74) is 9.30. The van der Waals surface area contributed by atoms with Crippen LogP contribution in [0.3, 0.4) is 0 Å². The highest BCUT2D eigenvalue weighted by atomic mass is 32.1. The number of hydrogen-bond donors (Lipinski definition) is 0. The van der Waals surface area contributed by atoms with Gasteiger partial charge >= 0.3 is 0 Å². The Bertz CT molecular complexity index is 3320. The molecule has 0 aliphatic heterocycles. The third-order valence-electron chi connectivity index (χ3n) is 10.7. The van der Waals surface area contributed by atoms with Gasteiger partial charge in [0, 0.05) is 54.3 Å². The molecule has 5 heterocycles. The zero-order valence-corrected chi connectivity index (χ0v) is 28.5. The second kappa shape index (κ2) is 10.3. The Labute approximate surface area is 301 Å². The van der Waals surface area contributed by atoms with Crippen molar-refractivity contribution in [2.45, 2.75) is 0 Å². The lowest BCUT2D eigenvalue weighted by atomic mass is 10.1. The first kappa shape index (κ1) is 27.9. The Morgan fingerprint density at radius 1 is 0.462 bits per heavy atom. The zero-order valence-electron chi connectivity index (χ0n) is 27.7. The zero-order chi connectivity index (χ0) is 33.9. The molecule has 0 N–H and O–H groups in total. The van der Waals surface area contributed by atoms with Gasteiger partial charge in [-0.1, -0.05) is 97.1 Å². The number of para-hydroxylation sites is 4. The molecule has 0 amide bonds. The van der Waals surface area contributed by atoms with Gasteiger partial charge < -0.3 is 9.13 Å². The molecule has 0 unspecified atom stereocenters. The Morgan fingerprint density at radius 3 is 1.83 bits per heavy atom. The van der Waals surface area contributed by atoms with Gasteiger partial charge in [-0.15, -0.1) is 11.3 Å². The van der Waals surface area contributed by atoms with Crippen LogP contribution in [0.4, 0.5) is 0 Å². The fourth-order valence-electron chi connectivity index (χ4n) is 8.56. The first-order valence-electron chi connectivity index (χ1n) is 17.5. The van der Waals surface area contributed by atoms with Crippen LogP contribution >= 0.6 is 11.3 Å². The predicted octanol–water partition coefficient (Wildman–Crippen LogP) is 12.3. The van der Waals surface area contributed by atoms with E-state index >= 15 is 0 Å². The molecule has 0 radical (unpaired) electrons. The van der Waals surface area contributed by atoms with Crippen molar-refractivity contribution in [1.82, 2.24) is 18.7 Å². The molecule has 12 rings (SSSR count). The topological polar surface area (TPSA) is 27.7 Å². The SMILES string of the molecule is c1ccc2c(c#1)c1ccccc1n2-c1ccc2c(c1)c1ccccc1n2-c1cc2sc3c(-n4c5ccccc5c5ccccc54)cccc3c2cn1. The van der Waals surface area contributed by atoms with E-state index in [9.17, 15) is 0 Å². The Balaban J connectivity index is 1.07. The molecular weight excluding hydrogens is 653 g/mol. The van der Waals surface area contributed by atoms with E-state index < -0.39 is 0 Å².